The van der Waals surface area contributed by atoms with E-state index in [1.165, 1.54) is 6.92 Å². The predicted octanol–water partition coefficient (Wildman–Crippen LogP) is -2.83. The van der Waals surface area contributed by atoms with Crippen molar-refractivity contribution in [1.29, 1.82) is 0 Å². The third-order valence-corrected chi connectivity index (χ3v) is 2.34. The molecule has 13 heavy (non-hydrogen) atoms. The summed E-state index contributed by atoms with van der Waals surface area (Å²) in [6, 6.07) is 0. The van der Waals surface area contributed by atoms with Gasteiger partial charge in [-0.3, -0.25) is 0 Å². The summed E-state index contributed by atoms with van der Waals surface area (Å²) in [5.74, 6) is 0. The minimum absolute atomic E-state index is 0.795. The van der Waals surface area contributed by atoms with Crippen LogP contribution < -0.4 is 0 Å². The summed E-state index contributed by atoms with van der Waals surface area (Å²) >= 11 is 0. The zero-order valence-electron chi connectivity index (χ0n) is 7.16. The molecular weight excluding hydrogens is 180 g/mol. The van der Waals surface area contributed by atoms with Crippen LogP contribution >= 0.6 is 0 Å². The molecule has 0 saturated carbocycles. The Kier molecular flexibility index (Phi) is 2.91. The zero-order chi connectivity index (χ0) is 10.2. The Hall–Kier alpha value is -0.240. The van der Waals surface area contributed by atoms with Gasteiger partial charge in [-0.25, -0.2) is 0 Å². The summed E-state index contributed by atoms with van der Waals surface area (Å²) in [6.07, 6.45) is -5.46. The van der Waals surface area contributed by atoms with E-state index in [2.05, 4.69) is 0 Å². The molecule has 1 fully saturated rings. The van der Waals surface area contributed by atoms with E-state index in [4.69, 9.17) is 9.84 Å². The fourth-order valence-electron chi connectivity index (χ4n) is 1.27. The average Bonchev–Trinajstić information content (AvgIpc) is 2.11. The highest BCUT2D eigenvalue weighted by atomic mass is 16.6. The highest BCUT2D eigenvalue weighted by Crippen LogP contribution is 2.28. The second-order valence-electron chi connectivity index (χ2n) is 3.28. The van der Waals surface area contributed by atoms with Crippen LogP contribution in [-0.2, 0) is 4.74 Å². The molecular formula is C7H14O6. The Balaban J connectivity index is 2.85. The summed E-state index contributed by atoms with van der Waals surface area (Å²) in [5.41, 5.74) is -2.22. The maximum atomic E-state index is 9.47. The van der Waals surface area contributed by atoms with Gasteiger partial charge in [0.15, 0.2) is 11.9 Å². The quantitative estimate of drug-likeness (QED) is 0.308. The van der Waals surface area contributed by atoms with Crippen LogP contribution in [0.25, 0.3) is 0 Å². The van der Waals surface area contributed by atoms with Crippen molar-refractivity contribution in [2.75, 3.05) is 6.61 Å². The highest BCUT2D eigenvalue weighted by Gasteiger charge is 2.52. The van der Waals surface area contributed by atoms with Crippen LogP contribution in [-0.4, -0.2) is 62.3 Å². The molecule has 0 unspecified atom stereocenters. The van der Waals surface area contributed by atoms with Gasteiger partial charge in [0.2, 0.25) is 0 Å². The Bertz CT molecular complexity index is 186. The molecule has 6 heteroatoms. The molecule has 6 nitrogen and oxygen atoms in total. The van der Waals surface area contributed by atoms with Crippen molar-refractivity contribution >= 4 is 0 Å². The molecule has 0 aromatic carbocycles. The Morgan fingerprint density at radius 1 is 1.31 bits per heavy atom. The number of rotatable bonds is 1. The normalized spacial score (nSPS) is 52.2. The fourth-order valence-corrected chi connectivity index (χ4v) is 1.27. The largest absolute Gasteiger partial charge is 0.393 e. The summed E-state index contributed by atoms with van der Waals surface area (Å²) in [6.45, 7) is 0.549. The van der Waals surface area contributed by atoms with Crippen molar-refractivity contribution < 1.29 is 30.3 Å². The lowest BCUT2D eigenvalue weighted by molar-refractivity contribution is -0.329. The minimum atomic E-state index is -2.22. The summed E-state index contributed by atoms with van der Waals surface area (Å²) in [4.78, 5) is 0. The third-order valence-electron chi connectivity index (χ3n) is 2.34. The van der Waals surface area contributed by atoms with Crippen LogP contribution in [0.15, 0.2) is 0 Å². The van der Waals surface area contributed by atoms with Gasteiger partial charge in [-0.2, -0.15) is 0 Å². The molecule has 1 rings (SSSR count). The number of aliphatic hydroxyl groups is 5. The topological polar surface area (TPSA) is 110 Å². The molecule has 1 aliphatic rings. The maximum Gasteiger partial charge on any atom is 0.189 e. The number of aliphatic hydroxyl groups excluding tert-OH is 4. The lowest BCUT2D eigenvalue weighted by atomic mass is 9.87. The van der Waals surface area contributed by atoms with Gasteiger partial charge in [-0.15, -0.1) is 0 Å². The lowest BCUT2D eigenvalue weighted by Gasteiger charge is -2.44. The minimum Gasteiger partial charge on any atom is -0.393 e. The molecule has 78 valence electrons. The first-order valence-electron chi connectivity index (χ1n) is 3.96. The molecule has 0 bridgehead atoms. The first kappa shape index (κ1) is 10.8. The van der Waals surface area contributed by atoms with E-state index in [0.717, 1.165) is 0 Å². The zero-order valence-corrected chi connectivity index (χ0v) is 7.16. The molecule has 0 radical (unpaired) electrons. The van der Waals surface area contributed by atoms with Gasteiger partial charge in [0, 0.05) is 0 Å². The smallest absolute Gasteiger partial charge is 0.189 e. The van der Waals surface area contributed by atoms with Gasteiger partial charge in [-0.05, 0) is 6.92 Å². The first-order valence-corrected chi connectivity index (χ1v) is 3.96. The van der Waals surface area contributed by atoms with E-state index in [-0.39, 0.29) is 0 Å². The van der Waals surface area contributed by atoms with Gasteiger partial charge in [0.25, 0.3) is 0 Å². The maximum absolute atomic E-state index is 9.47. The van der Waals surface area contributed by atoms with Crippen LogP contribution in [0.4, 0.5) is 0 Å². The number of hydrogen-bond acceptors (Lipinski definition) is 6. The van der Waals surface area contributed by atoms with E-state index in [1.54, 1.807) is 0 Å². The van der Waals surface area contributed by atoms with Crippen molar-refractivity contribution in [3.8, 4) is 0 Å². The second kappa shape index (κ2) is 3.49. The van der Waals surface area contributed by atoms with Crippen molar-refractivity contribution in [3.05, 3.63) is 0 Å². The van der Waals surface area contributed by atoms with Gasteiger partial charge in [0.05, 0.1) is 12.7 Å². The van der Waals surface area contributed by atoms with Crippen molar-refractivity contribution in [2.45, 2.75) is 37.1 Å². The molecule has 1 aliphatic heterocycles. The third kappa shape index (κ3) is 1.56. The fraction of sp³-hybridized carbons (Fsp3) is 1.00. The monoisotopic (exact) mass is 194 g/mol. The van der Waals surface area contributed by atoms with Gasteiger partial charge in [0.1, 0.15) is 12.2 Å². The molecule has 0 aliphatic carbocycles. The van der Waals surface area contributed by atoms with Crippen LogP contribution in [0.3, 0.4) is 0 Å². The number of ether oxygens (including phenoxy) is 1. The van der Waals surface area contributed by atoms with E-state index in [9.17, 15) is 20.4 Å². The Morgan fingerprint density at radius 3 is 2.31 bits per heavy atom. The molecule has 0 spiro atoms. The van der Waals surface area contributed by atoms with Crippen LogP contribution in [0, 0.1) is 0 Å². The highest BCUT2D eigenvalue weighted by molar-refractivity contribution is 4.98. The summed E-state index contributed by atoms with van der Waals surface area (Å²) in [7, 11) is 0. The van der Waals surface area contributed by atoms with Crippen molar-refractivity contribution in [2.24, 2.45) is 0 Å². The van der Waals surface area contributed by atoms with Crippen molar-refractivity contribution in [3.63, 3.8) is 0 Å². The van der Waals surface area contributed by atoms with E-state index in [1.807, 2.05) is 0 Å². The number of hydrogen-bond donors (Lipinski definition) is 5. The summed E-state index contributed by atoms with van der Waals surface area (Å²) in [5, 5.41) is 46.0. The molecule has 0 aromatic rings. The summed E-state index contributed by atoms with van der Waals surface area (Å²) < 4.78 is 4.71. The molecule has 1 heterocycles. The van der Waals surface area contributed by atoms with E-state index in [0.29, 0.717) is 0 Å². The lowest BCUT2D eigenvalue weighted by Crippen LogP contribution is -2.67. The van der Waals surface area contributed by atoms with Crippen LogP contribution in [0.5, 0.6) is 0 Å². The van der Waals surface area contributed by atoms with Crippen molar-refractivity contribution in [1.82, 2.24) is 0 Å². The van der Waals surface area contributed by atoms with Crippen LogP contribution in [0.1, 0.15) is 6.92 Å². The average molecular weight is 194 g/mol. The van der Waals surface area contributed by atoms with Crippen LogP contribution in [0.2, 0.25) is 0 Å². The van der Waals surface area contributed by atoms with E-state index < -0.39 is 36.8 Å². The molecule has 0 amide bonds. The van der Waals surface area contributed by atoms with E-state index >= 15 is 0 Å². The standard InChI is InChI=1S/C7H14O6/c1-3-4(9)5(10)7(12,2-8)6(11)13-3/h3-6,8-12H,2H2,1H3/t3-,4-,5+,6-,7+/m0/s1. The first-order chi connectivity index (χ1) is 5.93. The Labute approximate surface area is 75.0 Å². The van der Waals surface area contributed by atoms with Gasteiger partial charge >= 0.3 is 0 Å². The van der Waals surface area contributed by atoms with Gasteiger partial charge < -0.3 is 30.3 Å². The predicted molar refractivity (Wildman–Crippen MR) is 40.6 cm³/mol. The van der Waals surface area contributed by atoms with Gasteiger partial charge in [-0.1, -0.05) is 0 Å². The molecule has 0 aromatic heterocycles. The molecule has 5 N–H and O–H groups in total. The molecule has 5 atom stereocenters. The SMILES string of the molecule is C[C@@H]1O[C@H](O)[C@@](O)(CO)[C@H](O)[C@H]1O. The molecule has 1 saturated heterocycles. The Morgan fingerprint density at radius 2 is 1.85 bits per heavy atom. The second-order valence-corrected chi connectivity index (χ2v) is 3.28.